The third-order valence-corrected chi connectivity index (χ3v) is 7.95. The second-order valence-electron chi connectivity index (χ2n) is 9.07. The second kappa shape index (κ2) is 12.4. The van der Waals surface area contributed by atoms with Crippen LogP contribution < -0.4 is 0 Å². The van der Waals surface area contributed by atoms with Crippen molar-refractivity contribution < 1.29 is 19.3 Å². The largest absolute Gasteiger partial charge is 0.374 e. The first-order valence-electron chi connectivity index (χ1n) is 12.1. The molecular weight excluding hydrogens is 620 g/mol. The average molecular weight is 642 g/mol. The zero-order valence-electron chi connectivity index (χ0n) is 21.0. The quantitative estimate of drug-likeness (QED) is 0.163. The maximum atomic E-state index is 12.1. The maximum Gasteiger partial charge on any atom is 0.199 e. The van der Waals surface area contributed by atoms with Crippen LogP contribution in [0.2, 0.25) is 25.2 Å². The lowest BCUT2D eigenvalue weighted by atomic mass is 9.94. The van der Waals surface area contributed by atoms with Gasteiger partial charge in [-0.15, -0.1) is 5.92 Å². The van der Waals surface area contributed by atoms with Gasteiger partial charge in [0.25, 0.3) is 0 Å². The van der Waals surface area contributed by atoms with E-state index in [0.717, 1.165) is 5.56 Å². The summed E-state index contributed by atoms with van der Waals surface area (Å²) in [6, 6.07) is 12.0. The van der Waals surface area contributed by atoms with Gasteiger partial charge in [-0.05, 0) is 48.4 Å². The highest BCUT2D eigenvalue weighted by molar-refractivity contribution is 6.35. The SMILES string of the molecule is CC#C[C@@]1(O)[C@H](OCc2ccc(Cl)cc2Cl)[C@@H](COCc2ccc(Cl)cc2Cl)O[C@@H]1n1ccc2c(Cl)ncnc21. The maximum absolute atomic E-state index is 12.1. The van der Waals surface area contributed by atoms with Crippen molar-refractivity contribution in [1.29, 1.82) is 0 Å². The van der Waals surface area contributed by atoms with Crippen molar-refractivity contribution in [1.82, 2.24) is 14.5 Å². The third kappa shape index (κ3) is 5.93. The molecule has 12 heteroatoms. The monoisotopic (exact) mass is 639 g/mol. The van der Waals surface area contributed by atoms with Gasteiger partial charge in [0.05, 0.1) is 25.2 Å². The van der Waals surface area contributed by atoms with Crippen LogP contribution in [-0.2, 0) is 27.4 Å². The van der Waals surface area contributed by atoms with Gasteiger partial charge in [0.15, 0.2) is 11.8 Å². The molecule has 1 saturated heterocycles. The average Bonchev–Trinajstić information content (AvgIpc) is 3.44. The minimum absolute atomic E-state index is 0.0527. The molecule has 0 unspecified atom stereocenters. The number of rotatable bonds is 8. The van der Waals surface area contributed by atoms with Gasteiger partial charge in [0.1, 0.15) is 29.3 Å². The molecule has 1 aliphatic heterocycles. The van der Waals surface area contributed by atoms with Gasteiger partial charge in [-0.2, -0.15) is 0 Å². The summed E-state index contributed by atoms with van der Waals surface area (Å²) < 4.78 is 20.4. The Morgan fingerprint density at radius 2 is 1.65 bits per heavy atom. The molecule has 1 fully saturated rings. The Morgan fingerprint density at radius 3 is 2.30 bits per heavy atom. The lowest BCUT2D eigenvalue weighted by Gasteiger charge is -2.30. The van der Waals surface area contributed by atoms with Crippen LogP contribution in [0, 0.1) is 11.8 Å². The Hall–Kier alpha value is -2.09. The van der Waals surface area contributed by atoms with Crippen molar-refractivity contribution in [2.75, 3.05) is 6.61 Å². The first kappa shape index (κ1) is 29.4. The number of aliphatic hydroxyl groups is 1. The van der Waals surface area contributed by atoms with Gasteiger partial charge < -0.3 is 23.9 Å². The molecule has 40 heavy (non-hydrogen) atoms. The van der Waals surface area contributed by atoms with Crippen LogP contribution in [0.15, 0.2) is 55.0 Å². The van der Waals surface area contributed by atoms with E-state index in [1.54, 1.807) is 60.2 Å². The highest BCUT2D eigenvalue weighted by Crippen LogP contribution is 2.42. The molecule has 5 rings (SSSR count). The number of ether oxygens (including phenoxy) is 3. The highest BCUT2D eigenvalue weighted by Gasteiger charge is 2.57. The Labute approximate surface area is 255 Å². The van der Waals surface area contributed by atoms with Crippen LogP contribution in [0.5, 0.6) is 0 Å². The molecular formula is C28H22Cl5N3O4. The molecule has 1 aliphatic rings. The zero-order chi connectivity index (χ0) is 28.4. The zero-order valence-corrected chi connectivity index (χ0v) is 24.7. The number of fused-ring (bicyclic) bond motifs is 1. The van der Waals surface area contributed by atoms with Crippen molar-refractivity contribution in [3.05, 3.63) is 91.4 Å². The molecule has 2 aromatic carbocycles. The standard InChI is InChI=1S/C28H22Cl5N3O4/c1-2-8-28(37)24(39-13-17-4-6-19(30)11-22(17)32)23(14-38-12-16-3-5-18(29)10-21(16)31)40-27(28)36-9-7-20-25(33)34-15-35-26(20)36/h3-7,9-11,15,23-24,27,37H,12-14H2,1H3/t23-,24-,27+,28-/m1/s1. The first-order valence-corrected chi connectivity index (χ1v) is 14.0. The highest BCUT2D eigenvalue weighted by atomic mass is 35.5. The summed E-state index contributed by atoms with van der Waals surface area (Å²) in [5, 5.41) is 14.9. The van der Waals surface area contributed by atoms with E-state index in [2.05, 4.69) is 21.8 Å². The van der Waals surface area contributed by atoms with E-state index in [0.29, 0.717) is 36.7 Å². The molecule has 0 spiro atoms. The van der Waals surface area contributed by atoms with Gasteiger partial charge in [0, 0.05) is 26.3 Å². The molecule has 7 nitrogen and oxygen atoms in total. The Kier molecular flexibility index (Phi) is 9.13. The lowest BCUT2D eigenvalue weighted by Crippen LogP contribution is -2.47. The summed E-state index contributed by atoms with van der Waals surface area (Å²) in [6.45, 7) is 1.92. The van der Waals surface area contributed by atoms with E-state index in [4.69, 9.17) is 72.2 Å². The van der Waals surface area contributed by atoms with Crippen molar-refractivity contribution >= 4 is 69.0 Å². The molecule has 0 amide bonds. The molecule has 0 radical (unpaired) electrons. The van der Waals surface area contributed by atoms with Crippen molar-refractivity contribution in [2.24, 2.45) is 0 Å². The smallest absolute Gasteiger partial charge is 0.199 e. The van der Waals surface area contributed by atoms with Crippen LogP contribution in [0.25, 0.3) is 11.0 Å². The van der Waals surface area contributed by atoms with Gasteiger partial charge >= 0.3 is 0 Å². The van der Waals surface area contributed by atoms with Gasteiger partial charge in [-0.25, -0.2) is 9.97 Å². The topological polar surface area (TPSA) is 78.6 Å². The number of benzene rings is 2. The van der Waals surface area contributed by atoms with Gasteiger partial charge in [-0.1, -0.05) is 76.1 Å². The first-order chi connectivity index (χ1) is 19.2. The predicted molar refractivity (Wildman–Crippen MR) is 156 cm³/mol. The molecule has 0 bridgehead atoms. The van der Waals surface area contributed by atoms with E-state index in [-0.39, 0.29) is 25.0 Å². The van der Waals surface area contributed by atoms with Crippen LogP contribution in [-0.4, -0.2) is 44.1 Å². The fourth-order valence-corrected chi connectivity index (χ4v) is 5.72. The van der Waals surface area contributed by atoms with E-state index in [1.807, 2.05) is 0 Å². The summed E-state index contributed by atoms with van der Waals surface area (Å²) in [5.41, 5.74) is 0.0933. The molecule has 0 aliphatic carbocycles. The fraction of sp³-hybridized carbons (Fsp3) is 0.286. The number of halogens is 5. The second-order valence-corrected chi connectivity index (χ2v) is 11.1. The Balaban J connectivity index is 1.47. The minimum atomic E-state index is -1.80. The van der Waals surface area contributed by atoms with Crippen LogP contribution >= 0.6 is 58.0 Å². The van der Waals surface area contributed by atoms with E-state index in [1.165, 1.54) is 6.33 Å². The summed E-state index contributed by atoms with van der Waals surface area (Å²) in [5.74, 6) is 5.73. The molecule has 4 atom stereocenters. The number of hydrogen-bond acceptors (Lipinski definition) is 6. The fourth-order valence-electron chi connectivity index (χ4n) is 4.61. The van der Waals surface area contributed by atoms with Crippen molar-refractivity contribution in [3.63, 3.8) is 0 Å². The molecule has 2 aromatic heterocycles. The van der Waals surface area contributed by atoms with Gasteiger partial charge in [-0.3, -0.25) is 0 Å². The summed E-state index contributed by atoms with van der Waals surface area (Å²) in [6.07, 6.45) is 0.340. The predicted octanol–water partition coefficient (Wildman–Crippen LogP) is 7.15. The number of hydrogen-bond donors (Lipinski definition) is 1. The summed E-state index contributed by atoms with van der Waals surface area (Å²) in [4.78, 5) is 8.39. The van der Waals surface area contributed by atoms with Gasteiger partial charge in [0.2, 0.25) is 0 Å². The van der Waals surface area contributed by atoms with Crippen molar-refractivity contribution in [3.8, 4) is 11.8 Å². The van der Waals surface area contributed by atoms with E-state index < -0.39 is 24.0 Å². The lowest BCUT2D eigenvalue weighted by molar-refractivity contribution is -0.0898. The summed E-state index contributed by atoms with van der Waals surface area (Å²) >= 11 is 31.1. The molecule has 3 heterocycles. The molecule has 0 saturated carbocycles. The van der Waals surface area contributed by atoms with Crippen LogP contribution in [0.1, 0.15) is 24.3 Å². The van der Waals surface area contributed by atoms with E-state index >= 15 is 0 Å². The summed E-state index contributed by atoms with van der Waals surface area (Å²) in [7, 11) is 0. The minimum Gasteiger partial charge on any atom is -0.374 e. The third-order valence-electron chi connectivity index (χ3n) is 6.48. The van der Waals surface area contributed by atoms with Crippen LogP contribution in [0.3, 0.4) is 0 Å². The Morgan fingerprint density at radius 1 is 0.975 bits per heavy atom. The number of aromatic nitrogens is 3. The molecule has 208 valence electrons. The number of nitrogens with zero attached hydrogens (tertiary/aromatic N) is 3. The molecule has 4 aromatic rings. The van der Waals surface area contributed by atoms with E-state index in [9.17, 15) is 5.11 Å². The van der Waals surface area contributed by atoms with Crippen molar-refractivity contribution in [2.45, 2.75) is 44.2 Å². The van der Waals surface area contributed by atoms with Crippen LogP contribution in [0.4, 0.5) is 0 Å². The Bertz CT molecular complexity index is 1600. The normalized spacial score (nSPS) is 22.4. The molecule has 1 N–H and O–H groups in total.